The first kappa shape index (κ1) is 7.27. The summed E-state index contributed by atoms with van der Waals surface area (Å²) in [7, 11) is 0. The molecule has 64 valence electrons. The molecular formula is C7H11N5. The van der Waals surface area contributed by atoms with Crippen LogP contribution in [0.4, 0.5) is 0 Å². The third-order valence-corrected chi connectivity index (χ3v) is 1.83. The Morgan fingerprint density at radius 3 is 3.08 bits per heavy atom. The molecule has 1 aliphatic rings. The number of rotatable bonds is 3. The molecule has 5 heteroatoms. The van der Waals surface area contributed by atoms with Gasteiger partial charge in [-0.1, -0.05) is 0 Å². The average molecular weight is 165 g/mol. The number of amidine groups is 1. The van der Waals surface area contributed by atoms with Gasteiger partial charge in [0.15, 0.2) is 5.82 Å². The van der Waals surface area contributed by atoms with E-state index < -0.39 is 0 Å². The number of nitrogens with zero attached hydrogens (tertiary/aromatic N) is 3. The maximum Gasteiger partial charge on any atom is 0.153 e. The molecule has 1 aliphatic carbocycles. The van der Waals surface area contributed by atoms with E-state index in [1.807, 2.05) is 0 Å². The highest BCUT2D eigenvalue weighted by Crippen LogP contribution is 2.37. The van der Waals surface area contributed by atoms with Crippen molar-refractivity contribution in [3.63, 3.8) is 0 Å². The summed E-state index contributed by atoms with van der Waals surface area (Å²) in [5, 5.41) is 11.3. The van der Waals surface area contributed by atoms with Gasteiger partial charge in [0.1, 0.15) is 12.2 Å². The average Bonchev–Trinajstić information content (AvgIpc) is 2.73. The van der Waals surface area contributed by atoms with Gasteiger partial charge in [-0.3, -0.25) is 5.41 Å². The van der Waals surface area contributed by atoms with Crippen LogP contribution in [0, 0.1) is 5.41 Å². The largest absolute Gasteiger partial charge is 0.386 e. The number of hydrogen-bond donors (Lipinski definition) is 2. The fourth-order valence-corrected chi connectivity index (χ4v) is 1.09. The molecule has 1 fully saturated rings. The molecule has 0 unspecified atom stereocenters. The van der Waals surface area contributed by atoms with Gasteiger partial charge in [-0.25, -0.2) is 9.67 Å². The monoisotopic (exact) mass is 165 g/mol. The smallest absolute Gasteiger partial charge is 0.153 e. The molecule has 1 aromatic heterocycles. The highest BCUT2D eigenvalue weighted by atomic mass is 15.3. The second-order valence-corrected chi connectivity index (χ2v) is 3.10. The zero-order chi connectivity index (χ0) is 8.55. The maximum atomic E-state index is 7.05. The van der Waals surface area contributed by atoms with Gasteiger partial charge in [0.05, 0.1) is 6.54 Å². The van der Waals surface area contributed by atoms with E-state index in [0.717, 1.165) is 5.82 Å². The van der Waals surface area contributed by atoms with Crippen LogP contribution in [0.15, 0.2) is 6.33 Å². The minimum absolute atomic E-state index is 0.113. The number of aromatic nitrogens is 3. The van der Waals surface area contributed by atoms with E-state index in [2.05, 4.69) is 10.1 Å². The van der Waals surface area contributed by atoms with Crippen LogP contribution in [0.5, 0.6) is 0 Å². The van der Waals surface area contributed by atoms with Crippen molar-refractivity contribution in [2.45, 2.75) is 25.3 Å². The summed E-state index contributed by atoms with van der Waals surface area (Å²) in [6, 6.07) is 0. The Balaban J connectivity index is 2.07. The fraction of sp³-hybridized carbons (Fsp3) is 0.571. The fourth-order valence-electron chi connectivity index (χ4n) is 1.09. The van der Waals surface area contributed by atoms with Crippen molar-refractivity contribution in [1.82, 2.24) is 14.8 Å². The van der Waals surface area contributed by atoms with Crippen molar-refractivity contribution in [2.75, 3.05) is 0 Å². The quantitative estimate of drug-likeness (QED) is 0.492. The van der Waals surface area contributed by atoms with Crippen LogP contribution in [0.3, 0.4) is 0 Å². The zero-order valence-corrected chi connectivity index (χ0v) is 6.70. The van der Waals surface area contributed by atoms with Gasteiger partial charge in [-0.15, -0.1) is 0 Å². The van der Waals surface area contributed by atoms with Gasteiger partial charge in [-0.2, -0.15) is 5.10 Å². The summed E-state index contributed by atoms with van der Waals surface area (Å²) in [6.07, 6.45) is 4.03. The van der Waals surface area contributed by atoms with E-state index in [1.54, 1.807) is 11.0 Å². The Labute approximate surface area is 70.1 Å². The molecule has 12 heavy (non-hydrogen) atoms. The highest BCUT2D eigenvalue weighted by Gasteiger charge is 2.27. The van der Waals surface area contributed by atoms with Crippen LogP contribution in [0.2, 0.25) is 0 Å². The zero-order valence-electron chi connectivity index (χ0n) is 6.70. The number of nitrogens with one attached hydrogen (secondary N) is 1. The van der Waals surface area contributed by atoms with Gasteiger partial charge in [0, 0.05) is 5.92 Å². The standard InChI is InChI=1S/C7H11N5/c8-6(9)3-12-4-10-7(11-12)5-1-2-5/h4-5H,1-3H2,(H3,8,9). The second kappa shape index (κ2) is 2.58. The van der Waals surface area contributed by atoms with Crippen molar-refractivity contribution < 1.29 is 0 Å². The summed E-state index contributed by atoms with van der Waals surface area (Å²) in [4.78, 5) is 4.13. The highest BCUT2D eigenvalue weighted by molar-refractivity contribution is 5.76. The van der Waals surface area contributed by atoms with Crippen LogP contribution < -0.4 is 5.73 Å². The van der Waals surface area contributed by atoms with Crippen LogP contribution in [-0.4, -0.2) is 20.6 Å². The lowest BCUT2D eigenvalue weighted by Gasteiger charge is -1.95. The Hall–Kier alpha value is -1.39. The molecule has 0 atom stereocenters. The minimum Gasteiger partial charge on any atom is -0.386 e. The Kier molecular flexibility index (Phi) is 1.56. The van der Waals surface area contributed by atoms with Crippen LogP contribution in [0.25, 0.3) is 0 Å². The van der Waals surface area contributed by atoms with Crippen molar-refractivity contribution >= 4 is 5.84 Å². The first-order chi connectivity index (χ1) is 5.75. The van der Waals surface area contributed by atoms with Gasteiger partial charge >= 0.3 is 0 Å². The molecule has 1 saturated carbocycles. The van der Waals surface area contributed by atoms with E-state index >= 15 is 0 Å². The normalized spacial score (nSPS) is 16.3. The Bertz CT molecular complexity index is 299. The molecule has 0 aromatic carbocycles. The van der Waals surface area contributed by atoms with E-state index in [1.165, 1.54) is 12.8 Å². The molecule has 0 amide bonds. The molecule has 0 bridgehead atoms. The van der Waals surface area contributed by atoms with Crippen LogP contribution in [0.1, 0.15) is 24.6 Å². The molecule has 1 heterocycles. The Morgan fingerprint density at radius 1 is 1.75 bits per heavy atom. The SMILES string of the molecule is N=C(N)Cn1cnc(C2CC2)n1. The number of nitrogens with two attached hydrogens (primary N) is 1. The summed E-state index contributed by atoms with van der Waals surface area (Å²) in [5.74, 6) is 1.58. The van der Waals surface area contributed by atoms with E-state index in [9.17, 15) is 0 Å². The molecule has 1 aromatic rings. The minimum atomic E-state index is 0.113. The molecule has 0 radical (unpaired) electrons. The summed E-state index contributed by atoms with van der Waals surface area (Å²) >= 11 is 0. The van der Waals surface area contributed by atoms with Crippen molar-refractivity contribution in [3.05, 3.63) is 12.2 Å². The third-order valence-electron chi connectivity index (χ3n) is 1.83. The molecule has 0 saturated heterocycles. The predicted octanol–water partition coefficient (Wildman–Crippen LogP) is 0.0915. The molecule has 5 nitrogen and oxygen atoms in total. The van der Waals surface area contributed by atoms with Crippen molar-refractivity contribution in [2.24, 2.45) is 5.73 Å². The van der Waals surface area contributed by atoms with E-state index in [-0.39, 0.29) is 5.84 Å². The Morgan fingerprint density at radius 2 is 2.50 bits per heavy atom. The van der Waals surface area contributed by atoms with Crippen LogP contribution in [-0.2, 0) is 6.54 Å². The first-order valence-electron chi connectivity index (χ1n) is 3.98. The van der Waals surface area contributed by atoms with Crippen molar-refractivity contribution in [1.29, 1.82) is 5.41 Å². The predicted molar refractivity (Wildman–Crippen MR) is 43.9 cm³/mol. The molecule has 0 spiro atoms. The van der Waals surface area contributed by atoms with E-state index in [0.29, 0.717) is 12.5 Å². The van der Waals surface area contributed by atoms with Gasteiger partial charge in [-0.05, 0) is 12.8 Å². The van der Waals surface area contributed by atoms with E-state index in [4.69, 9.17) is 11.1 Å². The number of hydrogen-bond acceptors (Lipinski definition) is 3. The van der Waals surface area contributed by atoms with Gasteiger partial charge in [0.2, 0.25) is 0 Å². The van der Waals surface area contributed by atoms with Crippen molar-refractivity contribution in [3.8, 4) is 0 Å². The molecular weight excluding hydrogens is 154 g/mol. The maximum absolute atomic E-state index is 7.05. The molecule has 3 N–H and O–H groups in total. The third kappa shape index (κ3) is 1.44. The summed E-state index contributed by atoms with van der Waals surface area (Å²) in [5.41, 5.74) is 5.22. The second-order valence-electron chi connectivity index (χ2n) is 3.10. The van der Waals surface area contributed by atoms with Gasteiger partial charge in [0.25, 0.3) is 0 Å². The summed E-state index contributed by atoms with van der Waals surface area (Å²) < 4.78 is 1.61. The first-order valence-corrected chi connectivity index (χ1v) is 3.98. The lowest BCUT2D eigenvalue weighted by molar-refractivity contribution is 0.700. The van der Waals surface area contributed by atoms with Gasteiger partial charge < -0.3 is 5.73 Å². The van der Waals surface area contributed by atoms with Crippen LogP contribution >= 0.6 is 0 Å². The molecule has 2 rings (SSSR count). The topological polar surface area (TPSA) is 80.6 Å². The summed E-state index contributed by atoms with van der Waals surface area (Å²) in [6.45, 7) is 0.347. The lowest BCUT2D eigenvalue weighted by atomic mass is 10.4. The molecule has 0 aliphatic heterocycles. The lowest BCUT2D eigenvalue weighted by Crippen LogP contribution is -2.18.